The molecule has 6 heteroatoms. The number of benzene rings is 1. The second-order valence-corrected chi connectivity index (χ2v) is 5.43. The quantitative estimate of drug-likeness (QED) is 0.890. The number of amides is 2. The van der Waals surface area contributed by atoms with Crippen LogP contribution in [0.25, 0.3) is 11.4 Å². The molecule has 6 nitrogen and oxygen atoms in total. The number of urea groups is 1. The molecule has 1 aromatic carbocycles. The van der Waals surface area contributed by atoms with E-state index < -0.39 is 6.10 Å². The maximum atomic E-state index is 12.1. The molecule has 0 saturated heterocycles. The van der Waals surface area contributed by atoms with E-state index in [-0.39, 0.29) is 6.03 Å². The number of carbonyl (C=O) groups is 1. The number of aromatic nitrogens is 2. The van der Waals surface area contributed by atoms with Crippen molar-refractivity contribution < 1.29 is 9.90 Å². The van der Waals surface area contributed by atoms with Crippen molar-refractivity contribution in [2.45, 2.75) is 19.4 Å². The molecule has 0 radical (unpaired) electrons. The molecule has 1 atom stereocenters. The summed E-state index contributed by atoms with van der Waals surface area (Å²) in [6, 6.07) is 7.37. The largest absolute Gasteiger partial charge is 0.393 e. The standard InChI is InChI=1S/C16H22N4O2/c1-12(21)7-9-20(3)16(22)18-14-6-4-5-13(11-14)15-17-8-10-19(15)2/h4-6,8,10-12,21H,7,9H2,1-3H3,(H,18,22). The molecule has 0 fully saturated rings. The van der Waals surface area contributed by atoms with Crippen molar-refractivity contribution in [3.8, 4) is 11.4 Å². The van der Waals surface area contributed by atoms with Crippen LogP contribution in [0.5, 0.6) is 0 Å². The number of imidazole rings is 1. The van der Waals surface area contributed by atoms with Gasteiger partial charge in [0.05, 0.1) is 6.10 Å². The van der Waals surface area contributed by atoms with Crippen molar-refractivity contribution in [1.29, 1.82) is 0 Å². The molecule has 2 aromatic rings. The molecule has 2 N–H and O–H groups in total. The van der Waals surface area contributed by atoms with Gasteiger partial charge in [-0.1, -0.05) is 12.1 Å². The van der Waals surface area contributed by atoms with Crippen LogP contribution in [0.4, 0.5) is 10.5 Å². The maximum Gasteiger partial charge on any atom is 0.321 e. The molecule has 0 aliphatic heterocycles. The van der Waals surface area contributed by atoms with E-state index in [9.17, 15) is 9.90 Å². The van der Waals surface area contributed by atoms with Gasteiger partial charge in [-0.25, -0.2) is 9.78 Å². The van der Waals surface area contributed by atoms with Gasteiger partial charge in [0, 0.05) is 44.3 Å². The highest BCUT2D eigenvalue weighted by Gasteiger charge is 2.11. The Morgan fingerprint density at radius 3 is 2.91 bits per heavy atom. The van der Waals surface area contributed by atoms with E-state index in [0.717, 1.165) is 17.1 Å². The van der Waals surface area contributed by atoms with Crippen LogP contribution in [0.2, 0.25) is 0 Å². The summed E-state index contributed by atoms with van der Waals surface area (Å²) in [5, 5.41) is 12.1. The smallest absolute Gasteiger partial charge is 0.321 e. The minimum atomic E-state index is -0.415. The van der Waals surface area contributed by atoms with Crippen LogP contribution in [-0.2, 0) is 7.05 Å². The van der Waals surface area contributed by atoms with Crippen LogP contribution < -0.4 is 5.32 Å². The van der Waals surface area contributed by atoms with Crippen LogP contribution >= 0.6 is 0 Å². The molecule has 2 rings (SSSR count). The summed E-state index contributed by atoms with van der Waals surface area (Å²) in [6.07, 6.45) is 3.76. The van der Waals surface area contributed by atoms with Crippen LogP contribution in [0.15, 0.2) is 36.7 Å². The Bertz CT molecular complexity index is 637. The van der Waals surface area contributed by atoms with E-state index in [4.69, 9.17) is 0 Å². The SMILES string of the molecule is CC(O)CCN(C)C(=O)Nc1cccc(-c2nccn2C)c1. The van der Waals surface area contributed by atoms with Gasteiger partial charge in [0.2, 0.25) is 0 Å². The van der Waals surface area contributed by atoms with Gasteiger partial charge in [0.25, 0.3) is 0 Å². The molecule has 0 bridgehead atoms. The van der Waals surface area contributed by atoms with Crippen LogP contribution in [0.3, 0.4) is 0 Å². The number of hydrogen-bond acceptors (Lipinski definition) is 3. The van der Waals surface area contributed by atoms with Crippen molar-refractivity contribution in [2.24, 2.45) is 7.05 Å². The van der Waals surface area contributed by atoms with E-state index >= 15 is 0 Å². The van der Waals surface area contributed by atoms with Crippen LogP contribution in [0, 0.1) is 0 Å². The fraction of sp³-hybridized carbons (Fsp3) is 0.375. The zero-order valence-electron chi connectivity index (χ0n) is 13.2. The predicted molar refractivity (Wildman–Crippen MR) is 86.6 cm³/mol. The van der Waals surface area contributed by atoms with Gasteiger partial charge in [-0.05, 0) is 25.5 Å². The third-order valence-corrected chi connectivity index (χ3v) is 3.42. The van der Waals surface area contributed by atoms with E-state index in [1.807, 2.05) is 42.1 Å². The Hall–Kier alpha value is -2.34. The lowest BCUT2D eigenvalue weighted by atomic mass is 10.2. The van der Waals surface area contributed by atoms with Gasteiger partial charge in [-0.3, -0.25) is 0 Å². The highest BCUT2D eigenvalue weighted by molar-refractivity contribution is 5.89. The molecule has 2 amide bonds. The highest BCUT2D eigenvalue weighted by Crippen LogP contribution is 2.20. The third kappa shape index (κ3) is 4.08. The van der Waals surface area contributed by atoms with Gasteiger partial charge in [-0.2, -0.15) is 0 Å². The highest BCUT2D eigenvalue weighted by atomic mass is 16.3. The summed E-state index contributed by atoms with van der Waals surface area (Å²) in [4.78, 5) is 18.0. The van der Waals surface area contributed by atoms with E-state index in [1.165, 1.54) is 0 Å². The molecular weight excluding hydrogens is 280 g/mol. The third-order valence-electron chi connectivity index (χ3n) is 3.42. The predicted octanol–water partition coefficient (Wildman–Crippen LogP) is 2.32. The molecule has 1 aromatic heterocycles. The van der Waals surface area contributed by atoms with E-state index in [1.54, 1.807) is 25.1 Å². The number of aliphatic hydroxyl groups is 1. The fourth-order valence-corrected chi connectivity index (χ4v) is 2.08. The second-order valence-electron chi connectivity index (χ2n) is 5.43. The first kappa shape index (κ1) is 16.0. The molecular formula is C16H22N4O2. The average molecular weight is 302 g/mol. The lowest BCUT2D eigenvalue weighted by molar-refractivity contribution is 0.167. The van der Waals surface area contributed by atoms with Crippen molar-refractivity contribution in [3.05, 3.63) is 36.7 Å². The molecule has 0 aliphatic carbocycles. The lowest BCUT2D eigenvalue weighted by Crippen LogP contribution is -2.33. The molecule has 0 aliphatic rings. The number of carbonyl (C=O) groups excluding carboxylic acids is 1. The van der Waals surface area contributed by atoms with Crippen LogP contribution in [0.1, 0.15) is 13.3 Å². The van der Waals surface area contributed by atoms with E-state index in [2.05, 4.69) is 10.3 Å². The van der Waals surface area contributed by atoms with E-state index in [0.29, 0.717) is 13.0 Å². The number of nitrogens with zero attached hydrogens (tertiary/aromatic N) is 3. The topological polar surface area (TPSA) is 70.4 Å². The zero-order valence-corrected chi connectivity index (χ0v) is 13.2. The number of aryl methyl sites for hydroxylation is 1. The van der Waals surface area contributed by atoms with Gasteiger partial charge in [0.15, 0.2) is 0 Å². The van der Waals surface area contributed by atoms with Crippen molar-refractivity contribution in [2.75, 3.05) is 18.9 Å². The Morgan fingerprint density at radius 1 is 1.50 bits per heavy atom. The first-order valence-electron chi connectivity index (χ1n) is 7.25. The zero-order chi connectivity index (χ0) is 16.1. The summed E-state index contributed by atoms with van der Waals surface area (Å²) in [6.45, 7) is 2.21. The Balaban J connectivity index is 2.04. The lowest BCUT2D eigenvalue weighted by Gasteiger charge is -2.19. The first-order chi connectivity index (χ1) is 10.5. The monoisotopic (exact) mass is 302 g/mol. The van der Waals surface area contributed by atoms with Gasteiger partial charge in [-0.15, -0.1) is 0 Å². The molecule has 0 saturated carbocycles. The van der Waals surface area contributed by atoms with Crippen molar-refractivity contribution in [3.63, 3.8) is 0 Å². The van der Waals surface area contributed by atoms with Gasteiger partial charge in [0.1, 0.15) is 5.82 Å². The fourth-order valence-electron chi connectivity index (χ4n) is 2.08. The number of nitrogens with one attached hydrogen (secondary N) is 1. The van der Waals surface area contributed by atoms with Crippen LogP contribution in [-0.4, -0.2) is 45.3 Å². The van der Waals surface area contributed by atoms with Gasteiger partial charge >= 0.3 is 6.03 Å². The number of anilines is 1. The molecule has 1 unspecified atom stereocenters. The molecule has 1 heterocycles. The normalized spacial score (nSPS) is 12.0. The summed E-state index contributed by atoms with van der Waals surface area (Å²) < 4.78 is 1.93. The minimum absolute atomic E-state index is 0.197. The molecule has 0 spiro atoms. The number of rotatable bonds is 5. The summed E-state index contributed by atoms with van der Waals surface area (Å²) in [5.74, 6) is 0.846. The number of aliphatic hydroxyl groups excluding tert-OH is 1. The first-order valence-corrected chi connectivity index (χ1v) is 7.25. The van der Waals surface area contributed by atoms with Gasteiger partial charge < -0.3 is 19.9 Å². The summed E-state index contributed by atoms with van der Waals surface area (Å²) in [7, 11) is 3.64. The van der Waals surface area contributed by atoms with Crippen molar-refractivity contribution >= 4 is 11.7 Å². The minimum Gasteiger partial charge on any atom is -0.393 e. The maximum absolute atomic E-state index is 12.1. The molecule has 118 valence electrons. The van der Waals surface area contributed by atoms with Crippen molar-refractivity contribution in [1.82, 2.24) is 14.5 Å². The second kappa shape index (κ2) is 7.09. The Labute approximate surface area is 130 Å². The summed E-state index contributed by atoms with van der Waals surface area (Å²) >= 11 is 0. The molecule has 22 heavy (non-hydrogen) atoms. The Kier molecular flexibility index (Phi) is 5.16. The number of hydrogen-bond donors (Lipinski definition) is 2. The summed E-state index contributed by atoms with van der Waals surface area (Å²) in [5.41, 5.74) is 1.66. The Morgan fingerprint density at radius 2 is 2.27 bits per heavy atom. The average Bonchev–Trinajstić information content (AvgIpc) is 2.91.